The monoisotopic (exact) mass is 348 g/mol. The van der Waals surface area contributed by atoms with Crippen molar-refractivity contribution in [3.63, 3.8) is 0 Å². The first-order valence-corrected chi connectivity index (χ1v) is 8.47. The molecule has 0 aliphatic carbocycles. The molecule has 0 aliphatic rings. The van der Waals surface area contributed by atoms with Gasteiger partial charge in [-0.15, -0.1) is 12.4 Å². The van der Waals surface area contributed by atoms with Crippen molar-refractivity contribution in [1.82, 2.24) is 0 Å². The smallest absolute Gasteiger partial charge is 0.118 e. The number of methoxy groups -OCH3 is 2. The molecule has 1 unspecified atom stereocenters. The second-order valence-electron chi connectivity index (χ2n) is 6.25. The molecular formula is C21H29ClO2. The summed E-state index contributed by atoms with van der Waals surface area (Å²) >= 11 is 0. The number of unbranched alkanes of at least 4 members (excludes halogenated alkanes) is 1. The Labute approximate surface area is 152 Å². The normalized spacial score (nSPS) is 11.5. The van der Waals surface area contributed by atoms with Gasteiger partial charge in [0.1, 0.15) is 11.5 Å². The largest absolute Gasteiger partial charge is 0.497 e. The van der Waals surface area contributed by atoms with Crippen LogP contribution in [0.5, 0.6) is 11.5 Å². The molecule has 0 aliphatic heterocycles. The van der Waals surface area contributed by atoms with Gasteiger partial charge in [-0.2, -0.15) is 0 Å². The molecule has 0 radical (unpaired) electrons. The van der Waals surface area contributed by atoms with Crippen molar-refractivity contribution >= 4 is 12.4 Å². The summed E-state index contributed by atoms with van der Waals surface area (Å²) < 4.78 is 10.4. The lowest BCUT2D eigenvalue weighted by Gasteiger charge is -2.12. The first-order chi connectivity index (χ1) is 11.2. The van der Waals surface area contributed by atoms with Crippen molar-refractivity contribution < 1.29 is 9.47 Å². The molecule has 2 aromatic rings. The van der Waals surface area contributed by atoms with E-state index in [1.54, 1.807) is 14.2 Å². The minimum absolute atomic E-state index is 0. The average molecular weight is 349 g/mol. The average Bonchev–Trinajstić information content (AvgIpc) is 2.60. The molecule has 0 fully saturated rings. The molecule has 0 spiro atoms. The molecule has 1 atom stereocenters. The van der Waals surface area contributed by atoms with Gasteiger partial charge in [0.2, 0.25) is 0 Å². The highest BCUT2D eigenvalue weighted by Crippen LogP contribution is 2.19. The van der Waals surface area contributed by atoms with E-state index in [0.717, 1.165) is 30.3 Å². The highest BCUT2D eigenvalue weighted by Gasteiger charge is 2.04. The Morgan fingerprint density at radius 2 is 1.25 bits per heavy atom. The van der Waals surface area contributed by atoms with Crippen LogP contribution in [0.15, 0.2) is 48.5 Å². The molecule has 2 aromatic carbocycles. The number of halogens is 1. The number of ether oxygens (including phenoxy) is 2. The summed E-state index contributed by atoms with van der Waals surface area (Å²) in [5.74, 6) is 2.59. The number of hydrogen-bond acceptors (Lipinski definition) is 2. The lowest BCUT2D eigenvalue weighted by molar-refractivity contribution is 0.414. The Hall–Kier alpha value is -1.67. The minimum atomic E-state index is 0. The van der Waals surface area contributed by atoms with E-state index in [4.69, 9.17) is 9.47 Å². The first-order valence-electron chi connectivity index (χ1n) is 8.47. The molecule has 0 saturated heterocycles. The maximum Gasteiger partial charge on any atom is 0.118 e. The summed E-state index contributed by atoms with van der Waals surface area (Å²) in [5.41, 5.74) is 2.79. The second-order valence-corrected chi connectivity index (χ2v) is 6.25. The Bertz CT molecular complexity index is 563. The third kappa shape index (κ3) is 6.84. The van der Waals surface area contributed by atoms with Crippen LogP contribution in [-0.2, 0) is 12.8 Å². The van der Waals surface area contributed by atoms with E-state index in [1.165, 1.54) is 30.4 Å². The minimum Gasteiger partial charge on any atom is -0.497 e. The third-order valence-corrected chi connectivity index (χ3v) is 4.31. The molecule has 0 heterocycles. The summed E-state index contributed by atoms with van der Waals surface area (Å²) in [6.45, 7) is 2.34. The topological polar surface area (TPSA) is 18.5 Å². The van der Waals surface area contributed by atoms with Gasteiger partial charge in [0.05, 0.1) is 14.2 Å². The van der Waals surface area contributed by atoms with E-state index in [9.17, 15) is 0 Å². The van der Waals surface area contributed by atoms with E-state index >= 15 is 0 Å². The highest BCUT2D eigenvalue weighted by atomic mass is 35.5. The predicted molar refractivity (Wildman–Crippen MR) is 104 cm³/mol. The number of aryl methyl sites for hydroxylation is 1. The molecule has 24 heavy (non-hydrogen) atoms. The van der Waals surface area contributed by atoms with Gasteiger partial charge in [0.25, 0.3) is 0 Å². The molecule has 2 rings (SSSR count). The van der Waals surface area contributed by atoms with Crippen molar-refractivity contribution in [2.75, 3.05) is 14.2 Å². The second kappa shape index (κ2) is 11.0. The standard InChI is InChI=1S/C21H28O2.ClH/c1-17(16-19-10-14-21(23-3)15-11-19)6-4-5-7-18-8-12-20(22-2)13-9-18;/h8-15,17H,4-7,16H2,1-3H3;1H. The van der Waals surface area contributed by atoms with Crippen LogP contribution in [0.3, 0.4) is 0 Å². The Kier molecular flexibility index (Phi) is 9.33. The molecule has 3 heteroatoms. The third-order valence-electron chi connectivity index (χ3n) is 4.31. The van der Waals surface area contributed by atoms with Crippen LogP contribution in [0.25, 0.3) is 0 Å². The molecule has 0 saturated carbocycles. The fourth-order valence-corrected chi connectivity index (χ4v) is 2.88. The summed E-state index contributed by atoms with van der Waals surface area (Å²) in [4.78, 5) is 0. The van der Waals surface area contributed by atoms with Gasteiger partial charge in [-0.25, -0.2) is 0 Å². The summed E-state index contributed by atoms with van der Waals surface area (Å²) in [7, 11) is 3.42. The quantitative estimate of drug-likeness (QED) is 0.540. The van der Waals surface area contributed by atoms with Crippen LogP contribution < -0.4 is 9.47 Å². The van der Waals surface area contributed by atoms with Gasteiger partial charge < -0.3 is 9.47 Å². The summed E-state index contributed by atoms with van der Waals surface area (Å²) in [6, 6.07) is 16.9. The number of hydrogen-bond donors (Lipinski definition) is 0. The van der Waals surface area contributed by atoms with E-state index in [2.05, 4.69) is 31.2 Å². The van der Waals surface area contributed by atoms with E-state index in [1.807, 2.05) is 24.3 Å². The summed E-state index contributed by atoms with van der Waals surface area (Å²) in [6.07, 6.45) is 6.11. The Morgan fingerprint density at radius 1 is 0.750 bits per heavy atom. The lowest BCUT2D eigenvalue weighted by atomic mass is 9.95. The fraction of sp³-hybridized carbons (Fsp3) is 0.429. The van der Waals surface area contributed by atoms with Crippen LogP contribution in [0.2, 0.25) is 0 Å². The van der Waals surface area contributed by atoms with Crippen molar-refractivity contribution in [2.45, 2.75) is 39.0 Å². The molecular weight excluding hydrogens is 320 g/mol. The van der Waals surface area contributed by atoms with Crippen molar-refractivity contribution in [3.8, 4) is 11.5 Å². The molecule has 0 bridgehead atoms. The van der Waals surface area contributed by atoms with Crippen molar-refractivity contribution in [2.24, 2.45) is 5.92 Å². The number of rotatable bonds is 9. The Morgan fingerprint density at radius 3 is 1.75 bits per heavy atom. The fourth-order valence-electron chi connectivity index (χ4n) is 2.88. The van der Waals surface area contributed by atoms with Gasteiger partial charge in [-0.3, -0.25) is 0 Å². The molecule has 0 amide bonds. The van der Waals surface area contributed by atoms with Crippen LogP contribution in [0.1, 0.15) is 37.3 Å². The maximum absolute atomic E-state index is 5.20. The SMILES string of the molecule is COc1ccc(CCCCC(C)Cc2ccc(OC)cc2)cc1.Cl. The van der Waals surface area contributed by atoms with Crippen LogP contribution >= 0.6 is 12.4 Å². The molecule has 2 nitrogen and oxygen atoms in total. The van der Waals surface area contributed by atoms with Gasteiger partial charge >= 0.3 is 0 Å². The number of benzene rings is 2. The van der Waals surface area contributed by atoms with E-state index < -0.39 is 0 Å². The summed E-state index contributed by atoms with van der Waals surface area (Å²) in [5, 5.41) is 0. The van der Waals surface area contributed by atoms with Crippen molar-refractivity contribution in [1.29, 1.82) is 0 Å². The van der Waals surface area contributed by atoms with Gasteiger partial charge in [-0.1, -0.05) is 44.0 Å². The van der Waals surface area contributed by atoms with E-state index in [0.29, 0.717) is 0 Å². The molecule has 0 N–H and O–H groups in total. The van der Waals surface area contributed by atoms with E-state index in [-0.39, 0.29) is 12.4 Å². The van der Waals surface area contributed by atoms with Gasteiger partial charge in [0, 0.05) is 0 Å². The first kappa shape index (κ1) is 20.4. The Balaban J connectivity index is 0.00000288. The molecule has 132 valence electrons. The lowest BCUT2D eigenvalue weighted by Crippen LogP contribution is -2.00. The zero-order chi connectivity index (χ0) is 16.5. The van der Waals surface area contributed by atoms with Crippen LogP contribution in [0.4, 0.5) is 0 Å². The van der Waals surface area contributed by atoms with Crippen LogP contribution in [0, 0.1) is 5.92 Å². The van der Waals surface area contributed by atoms with Crippen LogP contribution in [-0.4, -0.2) is 14.2 Å². The zero-order valence-corrected chi connectivity index (χ0v) is 15.8. The highest BCUT2D eigenvalue weighted by molar-refractivity contribution is 5.85. The predicted octanol–water partition coefficient (Wildman–Crippen LogP) is 5.72. The van der Waals surface area contributed by atoms with Crippen molar-refractivity contribution in [3.05, 3.63) is 59.7 Å². The van der Waals surface area contributed by atoms with Gasteiger partial charge in [0.15, 0.2) is 0 Å². The maximum atomic E-state index is 5.20. The van der Waals surface area contributed by atoms with Gasteiger partial charge in [-0.05, 0) is 60.6 Å². The zero-order valence-electron chi connectivity index (χ0n) is 15.0. The molecule has 0 aromatic heterocycles.